The fourth-order valence-electron chi connectivity index (χ4n) is 3.00. The number of rotatable bonds is 3. The molecule has 0 atom stereocenters. The summed E-state index contributed by atoms with van der Waals surface area (Å²) < 4.78 is 0. The lowest BCUT2D eigenvalue weighted by Crippen LogP contribution is -2.31. The summed E-state index contributed by atoms with van der Waals surface area (Å²) in [6.07, 6.45) is 2.87. The largest absolute Gasteiger partial charge is 0.360 e. The Bertz CT molecular complexity index is 740. The van der Waals surface area contributed by atoms with Gasteiger partial charge in [0.25, 0.3) is 0 Å². The Labute approximate surface area is 143 Å². The highest BCUT2D eigenvalue weighted by Crippen LogP contribution is 2.30. The Morgan fingerprint density at radius 2 is 1.70 bits per heavy atom. The monoisotopic (exact) mass is 324 g/mol. The van der Waals surface area contributed by atoms with Crippen LogP contribution in [-0.2, 0) is 6.42 Å². The lowest BCUT2D eigenvalue weighted by molar-refractivity contribution is 0.458. The second kappa shape index (κ2) is 7.01. The number of benzene rings is 2. The number of aliphatic imine (C=N–C) groups is 1. The van der Waals surface area contributed by atoms with Gasteiger partial charge in [0.2, 0.25) is 0 Å². The SMILES string of the molecule is CCN(CC)C1=NC=C(c2ccc(Cl)cc2)c2ccccc2C1. The van der Waals surface area contributed by atoms with E-state index in [1.807, 2.05) is 18.3 Å². The van der Waals surface area contributed by atoms with E-state index in [1.165, 1.54) is 11.1 Å². The third-order valence-electron chi connectivity index (χ3n) is 4.28. The van der Waals surface area contributed by atoms with E-state index in [-0.39, 0.29) is 0 Å². The molecular formula is C20H21ClN2. The average molecular weight is 325 g/mol. The van der Waals surface area contributed by atoms with Crippen LogP contribution in [0.4, 0.5) is 0 Å². The fraction of sp³-hybridized carbons (Fsp3) is 0.250. The molecule has 1 aliphatic rings. The molecule has 3 rings (SSSR count). The topological polar surface area (TPSA) is 15.6 Å². The number of nitrogens with zero attached hydrogens (tertiary/aromatic N) is 2. The van der Waals surface area contributed by atoms with Crippen LogP contribution < -0.4 is 0 Å². The second-order valence-corrected chi connectivity index (χ2v) is 6.04. The first-order valence-corrected chi connectivity index (χ1v) is 8.46. The number of hydrogen-bond donors (Lipinski definition) is 0. The molecule has 0 spiro atoms. The number of amidine groups is 1. The van der Waals surface area contributed by atoms with Gasteiger partial charge in [-0.15, -0.1) is 0 Å². The molecule has 0 aromatic heterocycles. The normalized spacial score (nSPS) is 13.7. The summed E-state index contributed by atoms with van der Waals surface area (Å²) in [7, 11) is 0. The van der Waals surface area contributed by atoms with Gasteiger partial charge in [-0.2, -0.15) is 0 Å². The summed E-state index contributed by atoms with van der Waals surface area (Å²) >= 11 is 6.03. The van der Waals surface area contributed by atoms with Crippen molar-refractivity contribution in [2.75, 3.05) is 13.1 Å². The van der Waals surface area contributed by atoms with Crippen LogP contribution in [0.25, 0.3) is 5.57 Å². The van der Waals surface area contributed by atoms with Crippen LogP contribution in [0.3, 0.4) is 0 Å². The molecule has 0 saturated heterocycles. The summed E-state index contributed by atoms with van der Waals surface area (Å²) in [5.41, 5.74) is 4.86. The van der Waals surface area contributed by atoms with Crippen LogP contribution >= 0.6 is 11.6 Å². The van der Waals surface area contributed by atoms with Gasteiger partial charge in [0.05, 0.1) is 0 Å². The van der Waals surface area contributed by atoms with Gasteiger partial charge < -0.3 is 4.90 Å². The van der Waals surface area contributed by atoms with Crippen molar-refractivity contribution in [3.05, 3.63) is 76.4 Å². The molecule has 2 aromatic rings. The van der Waals surface area contributed by atoms with Gasteiger partial charge >= 0.3 is 0 Å². The molecule has 23 heavy (non-hydrogen) atoms. The van der Waals surface area contributed by atoms with Crippen LogP contribution in [0.5, 0.6) is 0 Å². The van der Waals surface area contributed by atoms with Crippen molar-refractivity contribution in [1.29, 1.82) is 0 Å². The first-order chi connectivity index (χ1) is 11.2. The molecule has 0 radical (unpaired) electrons. The first kappa shape index (κ1) is 15.8. The summed E-state index contributed by atoms with van der Waals surface area (Å²) in [5.74, 6) is 1.13. The zero-order valence-corrected chi connectivity index (χ0v) is 14.3. The van der Waals surface area contributed by atoms with Gasteiger partial charge in [-0.3, -0.25) is 0 Å². The number of halogens is 1. The van der Waals surface area contributed by atoms with Crippen molar-refractivity contribution in [3.8, 4) is 0 Å². The molecule has 0 N–H and O–H groups in total. The van der Waals surface area contributed by atoms with Crippen molar-refractivity contribution < 1.29 is 0 Å². The van der Waals surface area contributed by atoms with Crippen LogP contribution in [-0.4, -0.2) is 23.8 Å². The van der Waals surface area contributed by atoms with E-state index in [2.05, 4.69) is 55.1 Å². The summed E-state index contributed by atoms with van der Waals surface area (Å²) in [4.78, 5) is 7.13. The predicted octanol–water partition coefficient (Wildman–Crippen LogP) is 5.03. The molecule has 0 bridgehead atoms. The predicted molar refractivity (Wildman–Crippen MR) is 99.0 cm³/mol. The standard InChI is InChI=1S/C20H21ClN2/c1-3-23(4-2)20-13-16-7-5-6-8-18(16)19(14-22-20)15-9-11-17(21)12-10-15/h5-12,14H,3-4,13H2,1-2H3. The summed E-state index contributed by atoms with van der Waals surface area (Å²) in [6.45, 7) is 6.29. The highest BCUT2D eigenvalue weighted by Gasteiger charge is 2.17. The Hall–Kier alpha value is -2.06. The van der Waals surface area contributed by atoms with E-state index in [1.54, 1.807) is 0 Å². The van der Waals surface area contributed by atoms with Gasteiger partial charge in [0.1, 0.15) is 5.84 Å². The second-order valence-electron chi connectivity index (χ2n) is 5.60. The molecule has 2 aromatic carbocycles. The van der Waals surface area contributed by atoms with Gasteiger partial charge in [-0.25, -0.2) is 4.99 Å². The molecule has 0 aliphatic carbocycles. The molecular weight excluding hydrogens is 304 g/mol. The molecule has 2 nitrogen and oxygen atoms in total. The number of hydrogen-bond acceptors (Lipinski definition) is 2. The third kappa shape index (κ3) is 3.32. The minimum Gasteiger partial charge on any atom is -0.360 e. The Balaban J connectivity index is 2.10. The van der Waals surface area contributed by atoms with E-state index in [9.17, 15) is 0 Å². The van der Waals surface area contributed by atoms with Crippen LogP contribution in [0.1, 0.15) is 30.5 Å². The molecule has 118 valence electrons. The number of fused-ring (bicyclic) bond motifs is 1. The molecule has 0 amide bonds. The zero-order valence-electron chi connectivity index (χ0n) is 13.6. The quantitative estimate of drug-likeness (QED) is 0.773. The van der Waals surface area contributed by atoms with Crippen LogP contribution in [0.2, 0.25) is 5.02 Å². The highest BCUT2D eigenvalue weighted by molar-refractivity contribution is 6.30. The Morgan fingerprint density at radius 1 is 1.00 bits per heavy atom. The van der Waals surface area contributed by atoms with E-state index >= 15 is 0 Å². The van der Waals surface area contributed by atoms with Crippen LogP contribution in [0, 0.1) is 0 Å². The fourth-order valence-corrected chi connectivity index (χ4v) is 3.13. The maximum absolute atomic E-state index is 6.03. The maximum Gasteiger partial charge on any atom is 0.109 e. The lowest BCUT2D eigenvalue weighted by Gasteiger charge is -2.22. The van der Waals surface area contributed by atoms with Crippen molar-refractivity contribution in [3.63, 3.8) is 0 Å². The van der Waals surface area contributed by atoms with E-state index in [0.29, 0.717) is 0 Å². The van der Waals surface area contributed by atoms with Gasteiger partial charge in [0.15, 0.2) is 0 Å². The van der Waals surface area contributed by atoms with E-state index in [0.717, 1.165) is 41.5 Å². The smallest absolute Gasteiger partial charge is 0.109 e. The minimum atomic E-state index is 0.753. The van der Waals surface area contributed by atoms with Crippen LogP contribution in [0.15, 0.2) is 59.7 Å². The summed E-state index contributed by atoms with van der Waals surface area (Å²) in [6, 6.07) is 16.5. The average Bonchev–Trinajstić information content (AvgIpc) is 2.77. The Morgan fingerprint density at radius 3 is 2.39 bits per heavy atom. The highest BCUT2D eigenvalue weighted by atomic mass is 35.5. The Kier molecular flexibility index (Phi) is 4.82. The zero-order chi connectivity index (χ0) is 16.2. The molecule has 3 heteroatoms. The minimum absolute atomic E-state index is 0.753. The molecule has 0 fully saturated rings. The van der Waals surface area contributed by atoms with Gasteiger partial charge in [0, 0.05) is 36.3 Å². The van der Waals surface area contributed by atoms with Crippen molar-refractivity contribution in [1.82, 2.24) is 4.90 Å². The van der Waals surface area contributed by atoms with E-state index < -0.39 is 0 Å². The third-order valence-corrected chi connectivity index (χ3v) is 4.53. The molecule has 0 unspecified atom stereocenters. The first-order valence-electron chi connectivity index (χ1n) is 8.09. The molecule has 0 saturated carbocycles. The van der Waals surface area contributed by atoms with Gasteiger partial charge in [-0.1, -0.05) is 48.0 Å². The molecule has 1 aliphatic heterocycles. The van der Waals surface area contributed by atoms with Gasteiger partial charge in [-0.05, 0) is 42.7 Å². The number of likely N-dealkylation sites (N-methyl/N-ethyl adjacent to an activating group) is 1. The molecule has 1 heterocycles. The van der Waals surface area contributed by atoms with Crippen molar-refractivity contribution >= 4 is 23.0 Å². The van der Waals surface area contributed by atoms with Crippen molar-refractivity contribution in [2.24, 2.45) is 4.99 Å². The van der Waals surface area contributed by atoms with E-state index in [4.69, 9.17) is 16.6 Å². The maximum atomic E-state index is 6.03. The van der Waals surface area contributed by atoms with Crippen molar-refractivity contribution in [2.45, 2.75) is 20.3 Å². The summed E-state index contributed by atoms with van der Waals surface area (Å²) in [5, 5.41) is 0.753. The lowest BCUT2D eigenvalue weighted by atomic mass is 9.93.